The summed E-state index contributed by atoms with van der Waals surface area (Å²) in [5, 5.41) is 3.36. The van der Waals surface area contributed by atoms with Gasteiger partial charge < -0.3 is 20.7 Å². The highest BCUT2D eigenvalue weighted by molar-refractivity contribution is 7.17. The minimum absolute atomic E-state index is 0.0157. The van der Waals surface area contributed by atoms with E-state index in [4.69, 9.17) is 10.5 Å². The third-order valence-corrected chi connectivity index (χ3v) is 6.06. The van der Waals surface area contributed by atoms with Gasteiger partial charge in [0.25, 0.3) is 5.91 Å². The summed E-state index contributed by atoms with van der Waals surface area (Å²) in [7, 11) is 1.73. The summed E-state index contributed by atoms with van der Waals surface area (Å²) in [6.07, 6.45) is 3.87. The Morgan fingerprint density at radius 2 is 1.89 bits per heavy atom. The van der Waals surface area contributed by atoms with Crippen LogP contribution in [0.5, 0.6) is 0 Å². The third-order valence-electron chi connectivity index (χ3n) is 4.85. The highest BCUT2D eigenvalue weighted by Crippen LogP contribution is 2.37. The lowest BCUT2D eigenvalue weighted by molar-refractivity contribution is -0.136. The lowest BCUT2D eigenvalue weighted by Gasteiger charge is -2.28. The van der Waals surface area contributed by atoms with Crippen LogP contribution in [0.4, 0.5) is 5.00 Å². The van der Waals surface area contributed by atoms with Crippen LogP contribution in [0.2, 0.25) is 0 Å². The van der Waals surface area contributed by atoms with E-state index in [1.807, 2.05) is 0 Å². The van der Waals surface area contributed by atoms with Crippen molar-refractivity contribution in [1.29, 1.82) is 0 Å². The number of nitrogens with two attached hydrogens (primary N) is 1. The summed E-state index contributed by atoms with van der Waals surface area (Å²) in [6, 6.07) is 0. The number of likely N-dealkylation sites (N-methyl/N-ethyl adjacent to an activating group) is 1. The number of thiophene rings is 1. The predicted molar refractivity (Wildman–Crippen MR) is 103 cm³/mol. The van der Waals surface area contributed by atoms with Crippen LogP contribution >= 0.6 is 11.3 Å². The molecule has 1 fully saturated rings. The molecule has 1 aliphatic carbocycles. The first kappa shape index (κ1) is 19.8. The highest BCUT2D eigenvalue weighted by Gasteiger charge is 2.25. The van der Waals surface area contributed by atoms with Gasteiger partial charge in [-0.3, -0.25) is 19.3 Å². The number of fused-ring (bicyclic) bond motifs is 1. The molecule has 0 bridgehead atoms. The van der Waals surface area contributed by atoms with Gasteiger partial charge in [-0.25, -0.2) is 0 Å². The van der Waals surface area contributed by atoms with Crippen LogP contribution in [0, 0.1) is 0 Å². The van der Waals surface area contributed by atoms with Gasteiger partial charge in [0.2, 0.25) is 11.8 Å². The predicted octanol–water partition coefficient (Wildman–Crippen LogP) is 0.455. The summed E-state index contributed by atoms with van der Waals surface area (Å²) in [5.74, 6) is -0.771. The standard InChI is InChI=1S/C18H26N4O4S/c1-21(11-15(24)22-6-8-26-9-7-22)10-14(23)20-18-16(17(19)25)12-4-2-3-5-13(12)27-18/h2-11H2,1H3,(H2,19,25)(H,20,23). The first-order valence-corrected chi connectivity index (χ1v) is 10.1. The molecule has 1 aromatic rings. The lowest BCUT2D eigenvalue weighted by Crippen LogP contribution is -2.46. The summed E-state index contributed by atoms with van der Waals surface area (Å²) >= 11 is 1.44. The number of carbonyl (C=O) groups excluding carboxylic acids is 3. The largest absolute Gasteiger partial charge is 0.378 e. The Morgan fingerprint density at radius 1 is 1.19 bits per heavy atom. The minimum Gasteiger partial charge on any atom is -0.378 e. The quantitative estimate of drug-likeness (QED) is 0.729. The molecule has 0 spiro atoms. The number of aryl methyl sites for hydroxylation is 1. The van der Waals surface area contributed by atoms with Crippen molar-refractivity contribution in [2.75, 3.05) is 51.8 Å². The summed E-state index contributed by atoms with van der Waals surface area (Å²) in [4.78, 5) is 41.1. The monoisotopic (exact) mass is 394 g/mol. The molecule has 0 aromatic carbocycles. The number of hydrogen-bond acceptors (Lipinski definition) is 6. The molecule has 2 aliphatic rings. The van der Waals surface area contributed by atoms with Gasteiger partial charge in [0.1, 0.15) is 5.00 Å². The van der Waals surface area contributed by atoms with Gasteiger partial charge in [0, 0.05) is 18.0 Å². The Balaban J connectivity index is 1.58. The van der Waals surface area contributed by atoms with Crippen molar-refractivity contribution >= 4 is 34.1 Å². The number of nitrogens with zero attached hydrogens (tertiary/aromatic N) is 2. The van der Waals surface area contributed by atoms with Gasteiger partial charge >= 0.3 is 0 Å². The van der Waals surface area contributed by atoms with E-state index < -0.39 is 5.91 Å². The van der Waals surface area contributed by atoms with Crippen LogP contribution in [-0.4, -0.2) is 74.0 Å². The van der Waals surface area contributed by atoms with Crippen molar-refractivity contribution in [2.45, 2.75) is 25.7 Å². The Bertz CT molecular complexity index is 727. The molecule has 3 N–H and O–H groups in total. The zero-order chi connectivity index (χ0) is 19.4. The summed E-state index contributed by atoms with van der Waals surface area (Å²) < 4.78 is 5.24. The topological polar surface area (TPSA) is 105 Å². The van der Waals surface area contributed by atoms with Crippen molar-refractivity contribution in [1.82, 2.24) is 9.80 Å². The molecule has 3 rings (SSSR count). The van der Waals surface area contributed by atoms with Crippen molar-refractivity contribution in [3.8, 4) is 0 Å². The number of hydrogen-bond donors (Lipinski definition) is 2. The number of amides is 3. The van der Waals surface area contributed by atoms with Gasteiger partial charge in [0.15, 0.2) is 0 Å². The second-order valence-corrected chi connectivity index (χ2v) is 8.10. The number of ether oxygens (including phenoxy) is 1. The zero-order valence-electron chi connectivity index (χ0n) is 15.6. The highest BCUT2D eigenvalue weighted by atomic mass is 32.1. The second kappa shape index (κ2) is 8.81. The molecule has 0 atom stereocenters. The summed E-state index contributed by atoms with van der Waals surface area (Å²) in [6.45, 7) is 2.50. The van der Waals surface area contributed by atoms with E-state index >= 15 is 0 Å². The zero-order valence-corrected chi connectivity index (χ0v) is 16.4. The molecule has 1 aliphatic heterocycles. The Labute approximate surface area is 162 Å². The van der Waals surface area contributed by atoms with Gasteiger partial charge in [-0.2, -0.15) is 0 Å². The van der Waals surface area contributed by atoms with Crippen molar-refractivity contribution in [3.05, 3.63) is 16.0 Å². The van der Waals surface area contributed by atoms with Gasteiger partial charge in [-0.15, -0.1) is 11.3 Å². The van der Waals surface area contributed by atoms with Crippen LogP contribution < -0.4 is 11.1 Å². The molecule has 1 aromatic heterocycles. The molecule has 9 heteroatoms. The average Bonchev–Trinajstić information content (AvgIpc) is 2.99. The van der Waals surface area contributed by atoms with Gasteiger partial charge in [-0.1, -0.05) is 0 Å². The molecule has 1 saturated heterocycles. The number of morpholine rings is 1. The SMILES string of the molecule is CN(CC(=O)Nc1sc2c(c1C(N)=O)CCCC2)CC(=O)N1CCOCC1. The fraction of sp³-hybridized carbons (Fsp3) is 0.611. The molecular formula is C18H26N4O4S. The molecule has 8 nitrogen and oxygen atoms in total. The van der Waals surface area contributed by atoms with Crippen LogP contribution in [0.15, 0.2) is 0 Å². The van der Waals surface area contributed by atoms with Gasteiger partial charge in [0.05, 0.1) is 31.9 Å². The van der Waals surface area contributed by atoms with E-state index in [2.05, 4.69) is 5.32 Å². The first-order valence-electron chi connectivity index (χ1n) is 9.24. The smallest absolute Gasteiger partial charge is 0.251 e. The van der Waals surface area contributed by atoms with E-state index in [1.54, 1.807) is 16.8 Å². The average molecular weight is 394 g/mol. The Hall–Kier alpha value is -1.97. The number of rotatable bonds is 6. The fourth-order valence-corrected chi connectivity index (χ4v) is 4.84. The van der Waals surface area contributed by atoms with Crippen molar-refractivity contribution in [3.63, 3.8) is 0 Å². The Morgan fingerprint density at radius 3 is 2.59 bits per heavy atom. The third kappa shape index (κ3) is 4.85. The van der Waals surface area contributed by atoms with E-state index in [1.165, 1.54) is 11.3 Å². The van der Waals surface area contributed by atoms with E-state index in [0.29, 0.717) is 36.9 Å². The second-order valence-electron chi connectivity index (χ2n) is 6.99. The molecule has 3 amide bonds. The maximum absolute atomic E-state index is 12.4. The van der Waals surface area contributed by atoms with Gasteiger partial charge in [-0.05, 0) is 38.3 Å². The number of carbonyl (C=O) groups is 3. The van der Waals surface area contributed by atoms with Crippen molar-refractivity contribution < 1.29 is 19.1 Å². The summed E-state index contributed by atoms with van der Waals surface area (Å²) in [5.41, 5.74) is 7.00. The molecule has 148 valence electrons. The normalized spacial score (nSPS) is 16.9. The fourth-order valence-electron chi connectivity index (χ4n) is 3.53. The van der Waals surface area contributed by atoms with E-state index in [0.717, 1.165) is 36.1 Å². The maximum Gasteiger partial charge on any atom is 0.251 e. The Kier molecular flexibility index (Phi) is 6.46. The number of nitrogens with one attached hydrogen (secondary N) is 1. The van der Waals surface area contributed by atoms with Crippen LogP contribution in [0.1, 0.15) is 33.6 Å². The molecular weight excluding hydrogens is 368 g/mol. The minimum atomic E-state index is -0.499. The van der Waals surface area contributed by atoms with Crippen LogP contribution in [0.3, 0.4) is 0 Å². The number of anilines is 1. The molecule has 27 heavy (non-hydrogen) atoms. The molecule has 0 radical (unpaired) electrons. The first-order chi connectivity index (χ1) is 13.0. The molecule has 2 heterocycles. The van der Waals surface area contributed by atoms with E-state index in [-0.39, 0.29) is 24.9 Å². The number of primary amides is 1. The van der Waals surface area contributed by atoms with Crippen LogP contribution in [0.25, 0.3) is 0 Å². The van der Waals surface area contributed by atoms with Crippen molar-refractivity contribution in [2.24, 2.45) is 5.73 Å². The maximum atomic E-state index is 12.4. The van der Waals surface area contributed by atoms with Crippen LogP contribution in [-0.2, 0) is 27.2 Å². The molecule has 0 unspecified atom stereocenters. The molecule has 0 saturated carbocycles. The lowest BCUT2D eigenvalue weighted by atomic mass is 9.95. The van der Waals surface area contributed by atoms with E-state index in [9.17, 15) is 14.4 Å².